The first kappa shape index (κ1) is 15.8. The number of anilines is 2. The maximum absolute atomic E-state index is 13.4. The molecule has 4 aromatic rings. The molecule has 0 saturated carbocycles. The Morgan fingerprint density at radius 1 is 0.769 bits per heavy atom. The third-order valence-electron chi connectivity index (χ3n) is 3.66. The summed E-state index contributed by atoms with van der Waals surface area (Å²) in [7, 11) is 0. The predicted molar refractivity (Wildman–Crippen MR) is 96.0 cm³/mol. The van der Waals surface area contributed by atoms with E-state index < -0.39 is 0 Å². The van der Waals surface area contributed by atoms with Crippen molar-refractivity contribution >= 4 is 11.5 Å². The fourth-order valence-corrected chi connectivity index (χ4v) is 2.45. The molecule has 0 aliphatic rings. The summed E-state index contributed by atoms with van der Waals surface area (Å²) in [4.78, 5) is 21.0. The molecule has 0 unspecified atom stereocenters. The molecule has 126 valence electrons. The van der Waals surface area contributed by atoms with Crippen molar-refractivity contribution in [1.29, 1.82) is 0 Å². The van der Waals surface area contributed by atoms with Crippen molar-refractivity contribution in [2.45, 2.75) is 0 Å². The van der Waals surface area contributed by atoms with E-state index in [-0.39, 0.29) is 5.82 Å². The first-order valence-electron chi connectivity index (χ1n) is 7.84. The fourth-order valence-electron chi connectivity index (χ4n) is 2.45. The Labute approximate surface area is 148 Å². The van der Waals surface area contributed by atoms with Crippen molar-refractivity contribution in [3.05, 3.63) is 79.5 Å². The van der Waals surface area contributed by atoms with Crippen LogP contribution in [0.3, 0.4) is 0 Å². The van der Waals surface area contributed by atoms with Gasteiger partial charge < -0.3 is 5.32 Å². The summed E-state index contributed by atoms with van der Waals surface area (Å²) >= 11 is 0. The average molecular weight is 344 g/mol. The van der Waals surface area contributed by atoms with Crippen LogP contribution in [0.15, 0.2) is 73.7 Å². The Morgan fingerprint density at radius 2 is 1.62 bits per heavy atom. The van der Waals surface area contributed by atoms with Crippen molar-refractivity contribution in [2.75, 3.05) is 5.32 Å². The molecule has 4 rings (SSSR count). The van der Waals surface area contributed by atoms with Gasteiger partial charge in [0, 0.05) is 17.3 Å². The minimum absolute atomic E-state index is 0.296. The smallest absolute Gasteiger partial charge is 0.148 e. The van der Waals surface area contributed by atoms with E-state index in [4.69, 9.17) is 0 Å². The first-order chi connectivity index (χ1) is 12.8. The number of nitrogens with zero attached hydrogens (tertiary/aromatic N) is 5. The lowest BCUT2D eigenvalue weighted by Crippen LogP contribution is -1.96. The predicted octanol–water partition coefficient (Wildman–Crippen LogP) is 3.88. The summed E-state index contributed by atoms with van der Waals surface area (Å²) in [5.41, 5.74) is 3.66. The van der Waals surface area contributed by atoms with Crippen LogP contribution in [-0.4, -0.2) is 24.9 Å². The van der Waals surface area contributed by atoms with Crippen molar-refractivity contribution in [2.24, 2.45) is 0 Å². The second kappa shape index (κ2) is 7.02. The van der Waals surface area contributed by atoms with Crippen LogP contribution in [0.4, 0.5) is 15.9 Å². The van der Waals surface area contributed by atoms with Crippen LogP contribution in [-0.2, 0) is 0 Å². The maximum Gasteiger partial charge on any atom is 0.148 e. The summed E-state index contributed by atoms with van der Waals surface area (Å²) in [5.74, 6) is 0.290. The SMILES string of the molecule is Fc1cccc(-c2cc(-c3cnc(Nc4cncnc4)cn3)ccn2)c1. The maximum atomic E-state index is 13.4. The van der Waals surface area contributed by atoms with Gasteiger partial charge in [-0.3, -0.25) is 9.97 Å². The highest BCUT2D eigenvalue weighted by Crippen LogP contribution is 2.24. The van der Waals surface area contributed by atoms with E-state index in [1.54, 1.807) is 37.1 Å². The van der Waals surface area contributed by atoms with Crippen molar-refractivity contribution in [1.82, 2.24) is 24.9 Å². The zero-order valence-electron chi connectivity index (χ0n) is 13.5. The molecule has 0 atom stereocenters. The Hall–Kier alpha value is -3.74. The summed E-state index contributed by atoms with van der Waals surface area (Å²) in [6.07, 6.45) is 9.72. The lowest BCUT2D eigenvalue weighted by molar-refractivity contribution is 0.628. The van der Waals surface area contributed by atoms with Crippen LogP contribution in [0.2, 0.25) is 0 Å². The molecule has 0 aliphatic carbocycles. The second-order valence-corrected chi connectivity index (χ2v) is 5.48. The van der Waals surface area contributed by atoms with Gasteiger partial charge in [0.25, 0.3) is 0 Å². The number of aromatic nitrogens is 5. The molecule has 0 fully saturated rings. The van der Waals surface area contributed by atoms with Crippen LogP contribution in [0.25, 0.3) is 22.5 Å². The van der Waals surface area contributed by atoms with Crippen molar-refractivity contribution in [3.63, 3.8) is 0 Å². The van der Waals surface area contributed by atoms with Gasteiger partial charge >= 0.3 is 0 Å². The molecule has 3 aromatic heterocycles. The van der Waals surface area contributed by atoms with Gasteiger partial charge in [-0.2, -0.15) is 0 Å². The highest BCUT2D eigenvalue weighted by atomic mass is 19.1. The molecule has 26 heavy (non-hydrogen) atoms. The third kappa shape index (κ3) is 3.51. The molecule has 0 amide bonds. The summed E-state index contributed by atoms with van der Waals surface area (Å²) in [5, 5.41) is 3.07. The van der Waals surface area contributed by atoms with Crippen LogP contribution >= 0.6 is 0 Å². The highest BCUT2D eigenvalue weighted by Gasteiger charge is 2.06. The van der Waals surface area contributed by atoms with E-state index in [1.165, 1.54) is 18.5 Å². The van der Waals surface area contributed by atoms with Crippen LogP contribution in [0.1, 0.15) is 0 Å². The van der Waals surface area contributed by atoms with Gasteiger partial charge in [-0.05, 0) is 24.3 Å². The number of pyridine rings is 1. The molecule has 7 heteroatoms. The summed E-state index contributed by atoms with van der Waals surface area (Å²) < 4.78 is 13.4. The number of benzene rings is 1. The Bertz CT molecular complexity index is 1020. The van der Waals surface area contributed by atoms with E-state index >= 15 is 0 Å². The number of rotatable bonds is 4. The number of hydrogen-bond acceptors (Lipinski definition) is 6. The zero-order chi connectivity index (χ0) is 17.8. The van der Waals surface area contributed by atoms with Gasteiger partial charge in [0.15, 0.2) is 0 Å². The summed E-state index contributed by atoms with van der Waals surface area (Å²) in [6.45, 7) is 0. The van der Waals surface area contributed by atoms with Gasteiger partial charge in [0.05, 0.1) is 41.9 Å². The molecule has 0 spiro atoms. The van der Waals surface area contributed by atoms with Crippen LogP contribution in [0, 0.1) is 5.82 Å². The molecule has 0 radical (unpaired) electrons. The number of nitrogens with one attached hydrogen (secondary N) is 1. The Kier molecular flexibility index (Phi) is 4.26. The molecule has 1 aromatic carbocycles. The van der Waals surface area contributed by atoms with Gasteiger partial charge in [-0.15, -0.1) is 0 Å². The highest BCUT2D eigenvalue weighted by molar-refractivity contribution is 5.68. The Balaban J connectivity index is 1.59. The second-order valence-electron chi connectivity index (χ2n) is 5.48. The lowest BCUT2D eigenvalue weighted by Gasteiger charge is -2.07. The topological polar surface area (TPSA) is 76.5 Å². The molecular formula is C19H13FN6. The van der Waals surface area contributed by atoms with E-state index in [0.29, 0.717) is 22.8 Å². The fraction of sp³-hybridized carbons (Fsp3) is 0. The number of hydrogen-bond donors (Lipinski definition) is 1. The van der Waals surface area contributed by atoms with E-state index in [0.717, 1.165) is 11.3 Å². The number of halogens is 1. The lowest BCUT2D eigenvalue weighted by atomic mass is 10.1. The van der Waals surface area contributed by atoms with E-state index in [2.05, 4.69) is 30.2 Å². The van der Waals surface area contributed by atoms with Crippen molar-refractivity contribution in [3.8, 4) is 22.5 Å². The Morgan fingerprint density at radius 3 is 2.38 bits per heavy atom. The molecule has 6 nitrogen and oxygen atoms in total. The third-order valence-corrected chi connectivity index (χ3v) is 3.66. The molecule has 0 saturated heterocycles. The minimum Gasteiger partial charge on any atom is -0.336 e. The standard InChI is InChI=1S/C19H13FN6/c20-15-3-1-2-13(6-15)17-7-14(4-5-23-17)18-10-25-19(11-24-18)26-16-8-21-12-22-9-16/h1-12H,(H,25,26). The van der Waals surface area contributed by atoms with Crippen LogP contribution < -0.4 is 5.32 Å². The van der Waals surface area contributed by atoms with E-state index in [9.17, 15) is 4.39 Å². The van der Waals surface area contributed by atoms with Gasteiger partial charge in [-0.25, -0.2) is 19.3 Å². The molecule has 3 heterocycles. The largest absolute Gasteiger partial charge is 0.336 e. The van der Waals surface area contributed by atoms with Crippen molar-refractivity contribution < 1.29 is 4.39 Å². The minimum atomic E-state index is -0.296. The average Bonchev–Trinajstić information content (AvgIpc) is 2.69. The first-order valence-corrected chi connectivity index (χ1v) is 7.84. The van der Waals surface area contributed by atoms with Gasteiger partial charge in [-0.1, -0.05) is 12.1 Å². The van der Waals surface area contributed by atoms with Gasteiger partial charge in [0.1, 0.15) is 18.0 Å². The zero-order valence-corrected chi connectivity index (χ0v) is 13.5. The van der Waals surface area contributed by atoms with E-state index in [1.807, 2.05) is 18.2 Å². The molecule has 1 N–H and O–H groups in total. The monoisotopic (exact) mass is 344 g/mol. The quantitative estimate of drug-likeness (QED) is 0.605. The normalized spacial score (nSPS) is 10.5. The molecule has 0 aliphatic heterocycles. The summed E-state index contributed by atoms with van der Waals surface area (Å²) in [6, 6.07) is 10.0. The van der Waals surface area contributed by atoms with Crippen LogP contribution in [0.5, 0.6) is 0 Å². The van der Waals surface area contributed by atoms with Gasteiger partial charge in [0.2, 0.25) is 0 Å². The molecule has 0 bridgehead atoms. The molecular weight excluding hydrogens is 331 g/mol.